The Kier molecular flexibility index (Phi) is 8.65. The first-order valence-corrected chi connectivity index (χ1v) is 11.2. The summed E-state index contributed by atoms with van der Waals surface area (Å²) < 4.78 is 10.6. The molecule has 0 saturated heterocycles. The van der Waals surface area contributed by atoms with Crippen LogP contribution >= 0.6 is 11.6 Å². The summed E-state index contributed by atoms with van der Waals surface area (Å²) in [5.74, 6) is -2.80. The summed E-state index contributed by atoms with van der Waals surface area (Å²) in [7, 11) is 0. The van der Waals surface area contributed by atoms with Gasteiger partial charge in [0.15, 0.2) is 6.61 Å². The molecule has 0 aromatic heterocycles. The first-order valence-electron chi connectivity index (χ1n) is 10.8. The van der Waals surface area contributed by atoms with Crippen molar-refractivity contribution >= 4 is 35.1 Å². The maximum absolute atomic E-state index is 13.2. The van der Waals surface area contributed by atoms with Gasteiger partial charge in [-0.2, -0.15) is 5.26 Å². The van der Waals surface area contributed by atoms with Crippen LogP contribution in [0.15, 0.2) is 77.1 Å². The molecule has 1 unspecified atom stereocenters. The molecule has 1 aliphatic rings. The Balaban J connectivity index is 1.88. The number of halogens is 1. The van der Waals surface area contributed by atoms with Crippen LogP contribution in [0.2, 0.25) is 5.02 Å². The van der Waals surface area contributed by atoms with Crippen LogP contribution in [0.3, 0.4) is 0 Å². The number of nitrogens with zero attached hydrogens (tertiary/aromatic N) is 1. The van der Waals surface area contributed by atoms with Crippen LogP contribution in [-0.2, 0) is 23.9 Å². The quantitative estimate of drug-likeness (QED) is 0.417. The van der Waals surface area contributed by atoms with Gasteiger partial charge in [0.2, 0.25) is 0 Å². The maximum atomic E-state index is 13.2. The fourth-order valence-electron chi connectivity index (χ4n) is 3.75. The highest BCUT2D eigenvalue weighted by atomic mass is 35.5. The lowest BCUT2D eigenvalue weighted by molar-refractivity contribution is -0.143. The molecule has 0 bridgehead atoms. The molecule has 180 valence electrons. The summed E-state index contributed by atoms with van der Waals surface area (Å²) in [5.41, 5.74) is 2.45. The predicted octanol–water partition coefficient (Wildman–Crippen LogP) is 4.21. The number of carbonyl (C=O) groups excluding carboxylic acids is 3. The van der Waals surface area contributed by atoms with Crippen molar-refractivity contribution < 1.29 is 23.9 Å². The molecule has 1 aliphatic heterocycles. The van der Waals surface area contributed by atoms with Crippen molar-refractivity contribution in [2.45, 2.75) is 26.2 Å². The van der Waals surface area contributed by atoms with Gasteiger partial charge < -0.3 is 20.1 Å². The van der Waals surface area contributed by atoms with Gasteiger partial charge in [0.25, 0.3) is 5.91 Å². The molecule has 0 spiro atoms. The Morgan fingerprint density at radius 2 is 1.66 bits per heavy atom. The lowest BCUT2D eigenvalue weighted by Gasteiger charge is -2.30. The van der Waals surface area contributed by atoms with Gasteiger partial charge >= 0.3 is 11.9 Å². The van der Waals surface area contributed by atoms with Gasteiger partial charge in [0.05, 0.1) is 29.6 Å². The van der Waals surface area contributed by atoms with Gasteiger partial charge in [-0.05, 0) is 43.7 Å². The maximum Gasteiger partial charge on any atom is 0.337 e. The molecule has 8 nitrogen and oxygen atoms in total. The van der Waals surface area contributed by atoms with Crippen LogP contribution in [0.4, 0.5) is 5.69 Å². The topological polar surface area (TPSA) is 118 Å². The summed E-state index contributed by atoms with van der Waals surface area (Å²) in [4.78, 5) is 38.5. The first-order chi connectivity index (χ1) is 16.8. The van der Waals surface area contributed by atoms with E-state index in [9.17, 15) is 14.4 Å². The molecule has 1 atom stereocenters. The van der Waals surface area contributed by atoms with Gasteiger partial charge in [-0.3, -0.25) is 4.79 Å². The number of hydrogen-bond donors (Lipinski definition) is 2. The predicted molar refractivity (Wildman–Crippen MR) is 130 cm³/mol. The number of para-hydroxylation sites is 1. The second kappa shape index (κ2) is 11.9. The van der Waals surface area contributed by atoms with Gasteiger partial charge in [-0.25, -0.2) is 9.59 Å². The van der Waals surface area contributed by atoms with Crippen molar-refractivity contribution in [3.8, 4) is 6.07 Å². The Bertz CT molecular complexity index is 1230. The summed E-state index contributed by atoms with van der Waals surface area (Å²) in [6, 6.07) is 17.5. The SMILES string of the molecule is CC1=C(C(=O)OCCC#N)C(c2cccc(Cl)c2)C(C(=O)OCC(=O)Nc2ccccc2)=C(C)N1. The van der Waals surface area contributed by atoms with Gasteiger partial charge in [-0.15, -0.1) is 0 Å². The van der Waals surface area contributed by atoms with Crippen molar-refractivity contribution in [2.24, 2.45) is 0 Å². The van der Waals surface area contributed by atoms with E-state index in [1.807, 2.05) is 12.1 Å². The van der Waals surface area contributed by atoms with Crippen LogP contribution < -0.4 is 10.6 Å². The third-order valence-electron chi connectivity index (χ3n) is 5.22. The van der Waals surface area contributed by atoms with Crippen LogP contribution in [0.5, 0.6) is 0 Å². The van der Waals surface area contributed by atoms with Gasteiger partial charge in [0, 0.05) is 22.1 Å². The lowest BCUT2D eigenvalue weighted by Crippen LogP contribution is -2.33. The number of hydrogen-bond acceptors (Lipinski definition) is 7. The number of amides is 1. The third-order valence-corrected chi connectivity index (χ3v) is 5.46. The van der Waals surface area contributed by atoms with E-state index in [0.29, 0.717) is 27.7 Å². The number of dihydropyridines is 1. The summed E-state index contributed by atoms with van der Waals surface area (Å²) in [6.45, 7) is 2.77. The molecule has 9 heteroatoms. The molecule has 35 heavy (non-hydrogen) atoms. The molecule has 1 amide bonds. The van der Waals surface area contributed by atoms with E-state index in [0.717, 1.165) is 0 Å². The number of nitriles is 1. The zero-order valence-electron chi connectivity index (χ0n) is 19.3. The molecule has 2 aromatic carbocycles. The molecule has 0 aliphatic carbocycles. The number of ether oxygens (including phenoxy) is 2. The van der Waals surface area contributed by atoms with Crippen LogP contribution in [0.1, 0.15) is 31.7 Å². The highest BCUT2D eigenvalue weighted by Gasteiger charge is 2.38. The highest BCUT2D eigenvalue weighted by Crippen LogP contribution is 2.39. The zero-order chi connectivity index (χ0) is 25.4. The average Bonchev–Trinajstić information content (AvgIpc) is 2.82. The van der Waals surface area contributed by atoms with Gasteiger partial charge in [0.1, 0.15) is 6.61 Å². The zero-order valence-corrected chi connectivity index (χ0v) is 20.0. The first kappa shape index (κ1) is 25.5. The number of nitrogens with one attached hydrogen (secondary N) is 2. The molecular weight excluding hydrogens is 470 g/mol. The fraction of sp³-hybridized carbons (Fsp3) is 0.231. The number of allylic oxidation sites excluding steroid dienone is 2. The van der Waals surface area contributed by atoms with E-state index < -0.39 is 30.4 Å². The van der Waals surface area contributed by atoms with E-state index in [2.05, 4.69) is 10.6 Å². The number of rotatable bonds is 8. The standard InChI is InChI=1S/C26H24ClN3O5/c1-16-22(25(32)34-13-7-12-28)24(18-8-6-9-19(27)14-18)23(17(2)29-16)26(33)35-15-21(31)30-20-10-4-3-5-11-20/h3-6,8-11,14,24,29H,7,13,15H2,1-2H3,(H,30,31). The van der Waals surface area contributed by atoms with Gasteiger partial charge in [-0.1, -0.05) is 41.9 Å². The van der Waals surface area contributed by atoms with Crippen LogP contribution in [-0.4, -0.2) is 31.1 Å². The fourth-order valence-corrected chi connectivity index (χ4v) is 3.95. The van der Waals surface area contributed by atoms with E-state index in [1.165, 1.54) is 0 Å². The molecule has 0 fully saturated rings. The van der Waals surface area contributed by atoms with Crippen molar-refractivity contribution in [2.75, 3.05) is 18.5 Å². The van der Waals surface area contributed by atoms with Crippen molar-refractivity contribution in [3.63, 3.8) is 0 Å². The molecule has 3 rings (SSSR count). The molecular formula is C26H24ClN3O5. The van der Waals surface area contributed by atoms with E-state index in [-0.39, 0.29) is 24.2 Å². The monoisotopic (exact) mass is 493 g/mol. The Morgan fingerprint density at radius 3 is 2.29 bits per heavy atom. The van der Waals surface area contributed by atoms with Crippen molar-refractivity contribution in [1.82, 2.24) is 5.32 Å². The number of carbonyl (C=O) groups is 3. The molecule has 0 saturated carbocycles. The lowest BCUT2D eigenvalue weighted by atomic mass is 9.80. The number of esters is 2. The number of anilines is 1. The Morgan fingerprint density at radius 1 is 1.00 bits per heavy atom. The van der Waals surface area contributed by atoms with E-state index in [4.69, 9.17) is 26.3 Å². The minimum atomic E-state index is -0.853. The second-order valence-electron chi connectivity index (χ2n) is 7.72. The molecule has 2 aromatic rings. The van der Waals surface area contributed by atoms with E-state index >= 15 is 0 Å². The number of benzene rings is 2. The van der Waals surface area contributed by atoms with Crippen LogP contribution in [0, 0.1) is 11.3 Å². The Labute approximate surface area is 208 Å². The van der Waals surface area contributed by atoms with E-state index in [1.54, 1.807) is 62.4 Å². The second-order valence-corrected chi connectivity index (χ2v) is 8.16. The average molecular weight is 494 g/mol. The molecule has 1 heterocycles. The highest BCUT2D eigenvalue weighted by molar-refractivity contribution is 6.30. The Hall–Kier alpha value is -4.09. The smallest absolute Gasteiger partial charge is 0.337 e. The molecule has 2 N–H and O–H groups in total. The van der Waals surface area contributed by atoms with Crippen molar-refractivity contribution in [1.29, 1.82) is 5.26 Å². The normalized spacial score (nSPS) is 15.1. The third kappa shape index (κ3) is 6.49. The largest absolute Gasteiger partial charge is 0.461 e. The molecule has 0 radical (unpaired) electrons. The van der Waals surface area contributed by atoms with Crippen LogP contribution in [0.25, 0.3) is 0 Å². The summed E-state index contributed by atoms with van der Waals surface area (Å²) in [5, 5.41) is 14.9. The minimum Gasteiger partial charge on any atom is -0.461 e. The summed E-state index contributed by atoms with van der Waals surface area (Å²) >= 11 is 6.20. The minimum absolute atomic E-state index is 0.0353. The van der Waals surface area contributed by atoms with Crippen molar-refractivity contribution in [3.05, 3.63) is 87.7 Å². The summed E-state index contributed by atoms with van der Waals surface area (Å²) in [6.07, 6.45) is 0.0353.